The van der Waals surface area contributed by atoms with E-state index in [0.717, 1.165) is 18.2 Å². The zero-order chi connectivity index (χ0) is 15.2. The highest BCUT2D eigenvalue weighted by Gasteiger charge is 2.13. The van der Waals surface area contributed by atoms with Gasteiger partial charge in [0.15, 0.2) is 0 Å². The molecule has 2 aromatic rings. The van der Waals surface area contributed by atoms with E-state index in [-0.39, 0.29) is 11.3 Å². The Morgan fingerprint density at radius 1 is 1.38 bits per heavy atom. The molecule has 0 aliphatic rings. The van der Waals surface area contributed by atoms with Gasteiger partial charge in [-0.05, 0) is 24.3 Å². The third-order valence-electron chi connectivity index (χ3n) is 2.65. The molecular weight excluding hydrogens is 279 g/mol. The largest absolute Gasteiger partial charge is 0.478 e. The van der Waals surface area contributed by atoms with Gasteiger partial charge in [-0.15, -0.1) is 0 Å². The minimum atomic E-state index is -1.25. The van der Waals surface area contributed by atoms with Gasteiger partial charge in [0.1, 0.15) is 5.82 Å². The van der Waals surface area contributed by atoms with Crippen molar-refractivity contribution in [3.05, 3.63) is 48.0 Å². The topological polar surface area (TPSA) is 96.3 Å². The number of halogens is 1. The van der Waals surface area contributed by atoms with Crippen LogP contribution in [0, 0.1) is 5.82 Å². The van der Waals surface area contributed by atoms with E-state index in [0.29, 0.717) is 13.1 Å². The first kappa shape index (κ1) is 14.5. The average Bonchev–Trinajstić information content (AvgIpc) is 2.91. The number of carboxylic acids is 1. The second-order valence-electron chi connectivity index (χ2n) is 4.15. The molecule has 3 N–H and O–H groups in total. The minimum Gasteiger partial charge on any atom is -0.478 e. The van der Waals surface area contributed by atoms with Crippen LogP contribution in [-0.2, 0) is 6.54 Å². The van der Waals surface area contributed by atoms with Crippen LogP contribution in [0.3, 0.4) is 0 Å². The van der Waals surface area contributed by atoms with Crippen LogP contribution in [0.15, 0.2) is 36.7 Å². The molecule has 7 nitrogen and oxygen atoms in total. The number of carboxylic acid groups (broad SMARTS) is 1. The lowest BCUT2D eigenvalue weighted by atomic mass is 10.2. The molecule has 0 saturated carbocycles. The molecule has 0 spiro atoms. The highest BCUT2D eigenvalue weighted by atomic mass is 19.1. The predicted octanol–water partition coefficient (Wildman–Crippen LogP) is 1.54. The van der Waals surface area contributed by atoms with E-state index in [1.54, 1.807) is 23.1 Å². The van der Waals surface area contributed by atoms with Crippen molar-refractivity contribution in [1.82, 2.24) is 15.1 Å². The normalized spacial score (nSPS) is 10.1. The van der Waals surface area contributed by atoms with Crippen LogP contribution < -0.4 is 10.6 Å². The van der Waals surface area contributed by atoms with Crippen LogP contribution in [0.5, 0.6) is 0 Å². The van der Waals surface area contributed by atoms with E-state index in [2.05, 4.69) is 15.7 Å². The van der Waals surface area contributed by atoms with E-state index in [4.69, 9.17) is 5.11 Å². The van der Waals surface area contributed by atoms with Gasteiger partial charge < -0.3 is 15.7 Å². The molecule has 8 heteroatoms. The van der Waals surface area contributed by atoms with E-state index in [9.17, 15) is 14.0 Å². The number of nitrogens with one attached hydrogen (secondary N) is 2. The van der Waals surface area contributed by atoms with E-state index in [1.807, 2.05) is 0 Å². The van der Waals surface area contributed by atoms with Crippen LogP contribution in [0.1, 0.15) is 10.4 Å². The summed E-state index contributed by atoms with van der Waals surface area (Å²) in [7, 11) is 0. The van der Waals surface area contributed by atoms with Crippen LogP contribution in [0.2, 0.25) is 0 Å². The first-order valence-corrected chi connectivity index (χ1v) is 6.11. The van der Waals surface area contributed by atoms with Crippen molar-refractivity contribution in [3.8, 4) is 0 Å². The fourth-order valence-corrected chi connectivity index (χ4v) is 1.69. The summed E-state index contributed by atoms with van der Waals surface area (Å²) < 4.78 is 14.8. The standard InChI is InChI=1S/C13H13FN4O3/c14-9-2-3-10(12(19)20)11(8-9)17-13(21)15-5-7-18-6-1-4-16-18/h1-4,6,8H,5,7H2,(H,19,20)(H2,15,17,21). The molecule has 0 saturated heterocycles. The van der Waals surface area contributed by atoms with Crippen LogP contribution in [0.25, 0.3) is 0 Å². The fraction of sp³-hybridized carbons (Fsp3) is 0.154. The number of carbonyl (C=O) groups excluding carboxylic acids is 1. The summed E-state index contributed by atoms with van der Waals surface area (Å²) >= 11 is 0. The van der Waals surface area contributed by atoms with Crippen molar-refractivity contribution in [1.29, 1.82) is 0 Å². The monoisotopic (exact) mass is 292 g/mol. The molecule has 0 atom stereocenters. The Balaban J connectivity index is 1.93. The highest BCUT2D eigenvalue weighted by molar-refractivity contribution is 5.99. The van der Waals surface area contributed by atoms with Crippen molar-refractivity contribution >= 4 is 17.7 Å². The average molecular weight is 292 g/mol. The molecule has 2 rings (SSSR count). The second kappa shape index (κ2) is 6.51. The molecule has 1 aromatic carbocycles. The Kier molecular flexibility index (Phi) is 4.50. The number of amides is 2. The first-order valence-electron chi connectivity index (χ1n) is 6.11. The van der Waals surface area contributed by atoms with Gasteiger partial charge in [-0.2, -0.15) is 5.10 Å². The highest BCUT2D eigenvalue weighted by Crippen LogP contribution is 2.17. The molecule has 0 aliphatic carbocycles. The molecule has 1 heterocycles. The predicted molar refractivity (Wildman–Crippen MR) is 72.6 cm³/mol. The molecule has 2 amide bonds. The molecule has 21 heavy (non-hydrogen) atoms. The summed E-state index contributed by atoms with van der Waals surface area (Å²) in [6, 6.07) is 4.21. The summed E-state index contributed by atoms with van der Waals surface area (Å²) in [4.78, 5) is 22.6. The van der Waals surface area contributed by atoms with Gasteiger partial charge in [0, 0.05) is 18.9 Å². The summed E-state index contributed by atoms with van der Waals surface area (Å²) in [5.74, 6) is -1.88. The summed E-state index contributed by atoms with van der Waals surface area (Å²) in [5, 5.41) is 17.8. The summed E-state index contributed by atoms with van der Waals surface area (Å²) in [5.41, 5.74) is -0.280. The maximum Gasteiger partial charge on any atom is 0.337 e. The molecule has 1 aromatic heterocycles. The minimum absolute atomic E-state index is 0.0981. The summed E-state index contributed by atoms with van der Waals surface area (Å²) in [6.45, 7) is 0.764. The number of anilines is 1. The van der Waals surface area contributed by atoms with Crippen LogP contribution in [-0.4, -0.2) is 33.4 Å². The van der Waals surface area contributed by atoms with Gasteiger partial charge >= 0.3 is 12.0 Å². The van der Waals surface area contributed by atoms with E-state index >= 15 is 0 Å². The molecule has 0 unspecified atom stereocenters. The number of hydrogen-bond acceptors (Lipinski definition) is 3. The van der Waals surface area contributed by atoms with Gasteiger partial charge in [0.25, 0.3) is 0 Å². The van der Waals surface area contributed by atoms with Crippen molar-refractivity contribution in [2.24, 2.45) is 0 Å². The fourth-order valence-electron chi connectivity index (χ4n) is 1.69. The molecule has 0 radical (unpaired) electrons. The van der Waals surface area contributed by atoms with Crippen LogP contribution >= 0.6 is 0 Å². The maximum absolute atomic E-state index is 13.1. The number of aromatic carboxylic acids is 1. The number of hydrogen-bond donors (Lipinski definition) is 3. The van der Waals surface area contributed by atoms with Crippen molar-refractivity contribution in [3.63, 3.8) is 0 Å². The first-order chi connectivity index (χ1) is 10.1. The number of nitrogens with zero attached hydrogens (tertiary/aromatic N) is 2. The lowest BCUT2D eigenvalue weighted by Crippen LogP contribution is -2.32. The quantitative estimate of drug-likeness (QED) is 0.779. The Hall–Kier alpha value is -2.90. The Morgan fingerprint density at radius 2 is 2.19 bits per heavy atom. The smallest absolute Gasteiger partial charge is 0.337 e. The van der Waals surface area contributed by atoms with Crippen molar-refractivity contribution in [2.75, 3.05) is 11.9 Å². The number of urea groups is 1. The van der Waals surface area contributed by atoms with Gasteiger partial charge in [-0.1, -0.05) is 0 Å². The Labute approximate surface area is 119 Å². The molecular formula is C13H13FN4O3. The number of rotatable bonds is 5. The summed E-state index contributed by atoms with van der Waals surface area (Å²) in [6.07, 6.45) is 3.36. The second-order valence-corrected chi connectivity index (χ2v) is 4.15. The molecule has 110 valence electrons. The maximum atomic E-state index is 13.1. The third kappa shape index (κ3) is 4.03. The number of carbonyl (C=O) groups is 2. The third-order valence-corrected chi connectivity index (χ3v) is 2.65. The van der Waals surface area contributed by atoms with Gasteiger partial charge in [-0.25, -0.2) is 14.0 Å². The molecule has 0 aliphatic heterocycles. The van der Waals surface area contributed by atoms with Gasteiger partial charge in [0.2, 0.25) is 0 Å². The van der Waals surface area contributed by atoms with Gasteiger partial charge in [-0.3, -0.25) is 4.68 Å². The zero-order valence-corrected chi connectivity index (χ0v) is 10.9. The molecule has 0 fully saturated rings. The van der Waals surface area contributed by atoms with Crippen LogP contribution in [0.4, 0.5) is 14.9 Å². The zero-order valence-electron chi connectivity index (χ0n) is 10.9. The van der Waals surface area contributed by atoms with E-state index < -0.39 is 17.8 Å². The SMILES string of the molecule is O=C(NCCn1cccn1)Nc1cc(F)ccc1C(=O)O. The van der Waals surface area contributed by atoms with Crippen molar-refractivity contribution in [2.45, 2.75) is 6.54 Å². The van der Waals surface area contributed by atoms with E-state index in [1.165, 1.54) is 0 Å². The Morgan fingerprint density at radius 3 is 2.86 bits per heavy atom. The van der Waals surface area contributed by atoms with Crippen molar-refractivity contribution < 1.29 is 19.1 Å². The molecule has 0 bridgehead atoms. The Bertz CT molecular complexity index is 643. The lowest BCUT2D eigenvalue weighted by molar-refractivity contribution is 0.0698. The lowest BCUT2D eigenvalue weighted by Gasteiger charge is -2.10. The van der Waals surface area contributed by atoms with Gasteiger partial charge in [0.05, 0.1) is 17.8 Å². The number of benzene rings is 1. The number of aromatic nitrogens is 2.